The van der Waals surface area contributed by atoms with Crippen LogP contribution in [0.5, 0.6) is 5.75 Å². The zero-order chi connectivity index (χ0) is 19.6. The minimum absolute atomic E-state index is 0.100. The van der Waals surface area contributed by atoms with Crippen LogP contribution in [0.25, 0.3) is 0 Å². The number of nitrogens with one attached hydrogen (secondary N) is 1. The van der Waals surface area contributed by atoms with Gasteiger partial charge in [-0.05, 0) is 36.4 Å². The van der Waals surface area contributed by atoms with Crippen LogP contribution in [-0.2, 0) is 4.74 Å². The molecule has 142 valence electrons. The molecule has 0 heterocycles. The Bertz CT molecular complexity index is 799. The van der Waals surface area contributed by atoms with Crippen molar-refractivity contribution in [3.8, 4) is 5.75 Å². The lowest BCUT2D eigenvalue weighted by Gasteiger charge is -2.21. The first-order valence-corrected chi connectivity index (χ1v) is 9.49. The number of hydrogen-bond acceptors (Lipinski definition) is 4. The van der Waals surface area contributed by atoms with E-state index in [0.717, 1.165) is 0 Å². The second-order valence-corrected chi connectivity index (χ2v) is 6.45. The van der Waals surface area contributed by atoms with Crippen LogP contribution in [0.2, 0.25) is 5.02 Å². The van der Waals surface area contributed by atoms with E-state index >= 15 is 0 Å². The molecule has 0 fully saturated rings. The predicted octanol–water partition coefficient (Wildman–Crippen LogP) is 5.47. The van der Waals surface area contributed by atoms with Gasteiger partial charge in [-0.3, -0.25) is 10.2 Å². The number of rotatable bonds is 7. The largest absolute Gasteiger partial charge is 0.445 e. The maximum atomic E-state index is 12.6. The SMILES string of the molecule is C=CCOC(=O)Nc1cccc(OC(=O)N(CCBr)c2ccc(Cl)cc2)c1. The van der Waals surface area contributed by atoms with Crippen molar-refractivity contribution in [1.29, 1.82) is 0 Å². The van der Waals surface area contributed by atoms with E-state index in [0.29, 0.717) is 28.3 Å². The summed E-state index contributed by atoms with van der Waals surface area (Å²) in [4.78, 5) is 25.7. The van der Waals surface area contributed by atoms with Crippen LogP contribution in [0, 0.1) is 0 Å². The molecule has 2 amide bonds. The highest BCUT2D eigenvalue weighted by Crippen LogP contribution is 2.22. The molecule has 0 aliphatic rings. The summed E-state index contributed by atoms with van der Waals surface area (Å²) in [6.45, 7) is 3.98. The highest BCUT2D eigenvalue weighted by atomic mass is 79.9. The summed E-state index contributed by atoms with van der Waals surface area (Å²) in [5.41, 5.74) is 1.10. The van der Waals surface area contributed by atoms with Crippen LogP contribution in [0.1, 0.15) is 0 Å². The van der Waals surface area contributed by atoms with Crippen LogP contribution in [-0.4, -0.2) is 30.7 Å². The Morgan fingerprint density at radius 2 is 1.96 bits per heavy atom. The average molecular weight is 454 g/mol. The van der Waals surface area contributed by atoms with E-state index in [1.165, 1.54) is 17.0 Å². The van der Waals surface area contributed by atoms with Crippen molar-refractivity contribution in [2.45, 2.75) is 0 Å². The highest BCUT2D eigenvalue weighted by molar-refractivity contribution is 9.09. The Kier molecular flexibility index (Phi) is 8.16. The molecule has 0 bridgehead atoms. The van der Waals surface area contributed by atoms with Crippen molar-refractivity contribution in [3.63, 3.8) is 0 Å². The number of ether oxygens (including phenoxy) is 2. The lowest BCUT2D eigenvalue weighted by molar-refractivity contribution is 0.174. The number of benzene rings is 2. The van der Waals surface area contributed by atoms with Gasteiger partial charge in [0.15, 0.2) is 0 Å². The van der Waals surface area contributed by atoms with Gasteiger partial charge in [0, 0.05) is 34.3 Å². The molecule has 0 radical (unpaired) electrons. The van der Waals surface area contributed by atoms with Crippen LogP contribution in [0.15, 0.2) is 61.2 Å². The van der Waals surface area contributed by atoms with Crippen molar-refractivity contribution >= 4 is 51.1 Å². The molecule has 0 saturated carbocycles. The van der Waals surface area contributed by atoms with E-state index in [9.17, 15) is 9.59 Å². The van der Waals surface area contributed by atoms with E-state index in [1.54, 1.807) is 42.5 Å². The molecule has 0 atom stereocenters. The lowest BCUT2D eigenvalue weighted by atomic mass is 10.3. The van der Waals surface area contributed by atoms with Gasteiger partial charge in [0.1, 0.15) is 12.4 Å². The topological polar surface area (TPSA) is 67.9 Å². The van der Waals surface area contributed by atoms with Gasteiger partial charge in [0.25, 0.3) is 0 Å². The molecule has 0 aliphatic carbocycles. The van der Waals surface area contributed by atoms with Crippen molar-refractivity contribution in [1.82, 2.24) is 0 Å². The maximum Gasteiger partial charge on any atom is 0.419 e. The average Bonchev–Trinajstić information content (AvgIpc) is 2.65. The molecule has 6 nitrogen and oxygen atoms in total. The molecule has 0 aliphatic heterocycles. The third kappa shape index (κ3) is 6.62. The minimum atomic E-state index is -0.625. The zero-order valence-corrected chi connectivity index (χ0v) is 16.7. The first-order chi connectivity index (χ1) is 13.0. The van der Waals surface area contributed by atoms with E-state index in [1.807, 2.05) is 0 Å². The summed E-state index contributed by atoms with van der Waals surface area (Å²) in [6.07, 6.45) is 0.288. The fourth-order valence-electron chi connectivity index (χ4n) is 2.11. The number of hydrogen-bond donors (Lipinski definition) is 1. The van der Waals surface area contributed by atoms with Crippen LogP contribution >= 0.6 is 27.5 Å². The second-order valence-electron chi connectivity index (χ2n) is 5.22. The molecule has 2 aromatic rings. The molecular formula is C19H18BrClN2O4. The Labute approximate surface area is 170 Å². The van der Waals surface area contributed by atoms with Crippen LogP contribution in [0.3, 0.4) is 0 Å². The number of alkyl halides is 1. The van der Waals surface area contributed by atoms with Gasteiger partial charge in [-0.15, -0.1) is 0 Å². The van der Waals surface area contributed by atoms with E-state index < -0.39 is 12.2 Å². The molecule has 27 heavy (non-hydrogen) atoms. The smallest absolute Gasteiger partial charge is 0.419 e. The highest BCUT2D eigenvalue weighted by Gasteiger charge is 2.18. The molecule has 0 aromatic heterocycles. The summed E-state index contributed by atoms with van der Waals surface area (Å²) in [6, 6.07) is 13.3. The standard InChI is InChI=1S/C19H18BrClN2O4/c1-2-12-26-18(24)22-15-4-3-5-17(13-15)27-19(25)23(11-10-20)16-8-6-14(21)7-9-16/h2-9,13H,1,10-12H2,(H,22,24). The third-order valence-electron chi connectivity index (χ3n) is 3.28. The summed E-state index contributed by atoms with van der Waals surface area (Å²) >= 11 is 9.23. The lowest BCUT2D eigenvalue weighted by Crippen LogP contribution is -2.35. The minimum Gasteiger partial charge on any atom is -0.445 e. The number of amides is 2. The van der Waals surface area contributed by atoms with E-state index in [2.05, 4.69) is 27.8 Å². The zero-order valence-electron chi connectivity index (χ0n) is 14.4. The van der Waals surface area contributed by atoms with Gasteiger partial charge in [-0.1, -0.05) is 46.3 Å². The van der Waals surface area contributed by atoms with Gasteiger partial charge in [0.05, 0.1) is 0 Å². The summed E-state index contributed by atoms with van der Waals surface area (Å²) in [5, 5.41) is 3.69. The van der Waals surface area contributed by atoms with Crippen LogP contribution in [0.4, 0.5) is 21.0 Å². The van der Waals surface area contributed by atoms with Gasteiger partial charge in [-0.2, -0.15) is 0 Å². The first kappa shape index (κ1) is 20.8. The Morgan fingerprint density at radius 1 is 1.22 bits per heavy atom. The monoisotopic (exact) mass is 452 g/mol. The number of carbonyl (C=O) groups excluding carboxylic acids is 2. The van der Waals surface area contributed by atoms with Crippen LogP contribution < -0.4 is 15.0 Å². The normalized spacial score (nSPS) is 10.0. The van der Waals surface area contributed by atoms with Gasteiger partial charge in [-0.25, -0.2) is 9.59 Å². The molecule has 2 rings (SSSR count). The first-order valence-electron chi connectivity index (χ1n) is 7.99. The van der Waals surface area contributed by atoms with Gasteiger partial charge in [0.2, 0.25) is 0 Å². The molecule has 0 saturated heterocycles. The summed E-state index contributed by atoms with van der Waals surface area (Å²) in [7, 11) is 0. The number of nitrogens with zero attached hydrogens (tertiary/aromatic N) is 1. The van der Waals surface area contributed by atoms with Crippen molar-refractivity contribution < 1.29 is 19.1 Å². The van der Waals surface area contributed by atoms with Gasteiger partial charge >= 0.3 is 12.2 Å². The van der Waals surface area contributed by atoms with E-state index in [4.69, 9.17) is 21.1 Å². The quantitative estimate of drug-likeness (QED) is 0.445. The molecule has 0 spiro atoms. The fraction of sp³-hybridized carbons (Fsp3) is 0.158. The third-order valence-corrected chi connectivity index (χ3v) is 3.89. The Morgan fingerprint density at radius 3 is 2.63 bits per heavy atom. The van der Waals surface area contributed by atoms with E-state index in [-0.39, 0.29) is 12.4 Å². The second kappa shape index (κ2) is 10.6. The molecule has 1 N–H and O–H groups in total. The molecular weight excluding hydrogens is 436 g/mol. The Hall–Kier alpha value is -2.51. The molecule has 0 unspecified atom stereocenters. The summed E-state index contributed by atoms with van der Waals surface area (Å²) in [5.74, 6) is 0.287. The Balaban J connectivity index is 2.08. The molecule has 2 aromatic carbocycles. The molecule has 8 heteroatoms. The predicted molar refractivity (Wildman–Crippen MR) is 110 cm³/mol. The fourth-order valence-corrected chi connectivity index (χ4v) is 2.59. The number of carbonyl (C=O) groups is 2. The number of anilines is 2. The maximum absolute atomic E-state index is 12.6. The summed E-state index contributed by atoms with van der Waals surface area (Å²) < 4.78 is 10.3. The van der Waals surface area contributed by atoms with Crippen molar-refractivity contribution in [3.05, 3.63) is 66.2 Å². The van der Waals surface area contributed by atoms with Crippen molar-refractivity contribution in [2.24, 2.45) is 0 Å². The van der Waals surface area contributed by atoms with Crippen molar-refractivity contribution in [2.75, 3.05) is 28.7 Å². The van der Waals surface area contributed by atoms with Gasteiger partial charge < -0.3 is 9.47 Å². The number of halogens is 2.